The maximum Gasteiger partial charge on any atom is 0.264 e. The van der Waals surface area contributed by atoms with Crippen molar-refractivity contribution in [1.29, 1.82) is 0 Å². The lowest BCUT2D eigenvalue weighted by atomic mass is 10.2. The summed E-state index contributed by atoms with van der Waals surface area (Å²) in [5.41, 5.74) is 1.61. The van der Waals surface area contributed by atoms with Crippen LogP contribution in [-0.4, -0.2) is 17.7 Å². The van der Waals surface area contributed by atoms with Crippen LogP contribution in [0, 0.1) is 12.3 Å². The van der Waals surface area contributed by atoms with Gasteiger partial charge in [0.15, 0.2) is 5.17 Å². The fourth-order valence-corrected chi connectivity index (χ4v) is 3.02. The van der Waals surface area contributed by atoms with E-state index in [1.807, 2.05) is 24.3 Å². The number of hydrogen-bond donors (Lipinski definition) is 1. The minimum atomic E-state index is -0.176. The zero-order chi connectivity index (χ0) is 17.6. The van der Waals surface area contributed by atoms with E-state index in [-0.39, 0.29) is 12.5 Å². The summed E-state index contributed by atoms with van der Waals surface area (Å²) in [7, 11) is 0. The smallest absolute Gasteiger partial charge is 0.264 e. The van der Waals surface area contributed by atoms with Crippen LogP contribution in [0.5, 0.6) is 5.75 Å². The third-order valence-electron chi connectivity index (χ3n) is 3.21. The van der Waals surface area contributed by atoms with Gasteiger partial charge in [-0.3, -0.25) is 4.79 Å². The van der Waals surface area contributed by atoms with E-state index in [0.717, 1.165) is 11.3 Å². The second-order valence-corrected chi connectivity index (χ2v) is 6.49. The van der Waals surface area contributed by atoms with Crippen LogP contribution >= 0.6 is 23.4 Å². The van der Waals surface area contributed by atoms with Crippen molar-refractivity contribution in [3.05, 3.63) is 64.0 Å². The first-order chi connectivity index (χ1) is 12.1. The molecule has 1 amide bonds. The average Bonchev–Trinajstić information content (AvgIpc) is 2.95. The van der Waals surface area contributed by atoms with Gasteiger partial charge in [-0.15, -0.1) is 6.42 Å². The molecule has 0 aromatic heterocycles. The summed E-state index contributed by atoms with van der Waals surface area (Å²) in [5, 5.41) is 3.93. The number of nitrogens with zero attached hydrogens (tertiary/aromatic N) is 1. The van der Waals surface area contributed by atoms with Gasteiger partial charge in [0.05, 0.1) is 10.6 Å². The van der Waals surface area contributed by atoms with Crippen molar-refractivity contribution in [3.8, 4) is 18.1 Å². The summed E-state index contributed by atoms with van der Waals surface area (Å²) >= 11 is 7.14. The van der Waals surface area contributed by atoms with Crippen molar-refractivity contribution >= 4 is 46.2 Å². The summed E-state index contributed by atoms with van der Waals surface area (Å²) in [6.07, 6.45) is 6.96. The number of amides is 1. The Kier molecular flexibility index (Phi) is 5.44. The van der Waals surface area contributed by atoms with Crippen molar-refractivity contribution in [2.24, 2.45) is 4.99 Å². The quantitative estimate of drug-likeness (QED) is 0.648. The standard InChI is InChI=1S/C19H13ClN2O2S/c1-2-11-24-16-9-3-13(4-10-16)12-17-18(23)22-19(25-17)21-15-7-5-14(20)6-8-15/h1,3-10,12H,11H2,(H,21,22,23). The molecule has 4 nitrogen and oxygen atoms in total. The van der Waals surface area contributed by atoms with Crippen LogP contribution in [-0.2, 0) is 4.79 Å². The van der Waals surface area contributed by atoms with E-state index in [1.54, 1.807) is 30.3 Å². The fraction of sp³-hybridized carbons (Fsp3) is 0.0526. The lowest BCUT2D eigenvalue weighted by Crippen LogP contribution is -2.19. The largest absolute Gasteiger partial charge is 0.481 e. The molecule has 1 saturated heterocycles. The summed E-state index contributed by atoms with van der Waals surface area (Å²) in [6, 6.07) is 14.4. The van der Waals surface area contributed by atoms with E-state index >= 15 is 0 Å². The zero-order valence-electron chi connectivity index (χ0n) is 13.0. The van der Waals surface area contributed by atoms with E-state index < -0.39 is 0 Å². The Morgan fingerprint density at radius 2 is 1.92 bits per heavy atom. The molecule has 1 fully saturated rings. The van der Waals surface area contributed by atoms with E-state index in [1.165, 1.54) is 11.8 Å². The molecule has 1 aliphatic heterocycles. The lowest BCUT2D eigenvalue weighted by Gasteiger charge is -2.02. The Bertz CT molecular complexity index is 881. The van der Waals surface area contributed by atoms with Crippen LogP contribution in [0.1, 0.15) is 5.56 Å². The van der Waals surface area contributed by atoms with Gasteiger partial charge in [0, 0.05) is 5.02 Å². The van der Waals surface area contributed by atoms with E-state index in [0.29, 0.717) is 20.8 Å². The predicted molar refractivity (Wildman–Crippen MR) is 103 cm³/mol. The van der Waals surface area contributed by atoms with Crippen molar-refractivity contribution < 1.29 is 9.53 Å². The molecule has 0 unspecified atom stereocenters. The fourth-order valence-electron chi connectivity index (χ4n) is 2.05. The molecule has 0 aliphatic carbocycles. The van der Waals surface area contributed by atoms with Crippen LogP contribution in [0.15, 0.2) is 58.4 Å². The second-order valence-electron chi connectivity index (χ2n) is 5.02. The van der Waals surface area contributed by atoms with E-state index in [4.69, 9.17) is 22.8 Å². The molecule has 0 spiro atoms. The molecule has 1 aliphatic rings. The number of rotatable bonds is 4. The van der Waals surface area contributed by atoms with Crippen LogP contribution in [0.2, 0.25) is 5.02 Å². The molecular weight excluding hydrogens is 356 g/mol. The van der Waals surface area contributed by atoms with Crippen LogP contribution in [0.4, 0.5) is 5.69 Å². The maximum absolute atomic E-state index is 12.1. The van der Waals surface area contributed by atoms with Crippen LogP contribution in [0.3, 0.4) is 0 Å². The molecule has 1 N–H and O–H groups in total. The van der Waals surface area contributed by atoms with Crippen LogP contribution in [0.25, 0.3) is 6.08 Å². The molecule has 124 valence electrons. The highest BCUT2D eigenvalue weighted by Crippen LogP contribution is 2.28. The number of amidine groups is 1. The van der Waals surface area contributed by atoms with Crippen molar-refractivity contribution in [2.75, 3.05) is 6.61 Å². The molecule has 0 saturated carbocycles. The minimum absolute atomic E-state index is 0.176. The number of hydrogen-bond acceptors (Lipinski definition) is 4. The van der Waals surface area contributed by atoms with Crippen molar-refractivity contribution in [2.45, 2.75) is 0 Å². The van der Waals surface area contributed by atoms with Crippen molar-refractivity contribution in [3.63, 3.8) is 0 Å². The Balaban J connectivity index is 1.72. The first-order valence-electron chi connectivity index (χ1n) is 7.35. The number of aliphatic imine (C=N–C) groups is 1. The second kappa shape index (κ2) is 7.93. The van der Waals surface area contributed by atoms with Gasteiger partial charge in [0.25, 0.3) is 5.91 Å². The Hall–Kier alpha value is -2.68. The highest BCUT2D eigenvalue weighted by Gasteiger charge is 2.23. The summed E-state index contributed by atoms with van der Waals surface area (Å²) in [6.45, 7) is 0.225. The Labute approximate surface area is 154 Å². The van der Waals surface area contributed by atoms with Gasteiger partial charge in [-0.05, 0) is 59.8 Å². The van der Waals surface area contributed by atoms with E-state index in [2.05, 4.69) is 16.2 Å². The normalized spacial score (nSPS) is 16.7. The molecular formula is C19H13ClN2O2S. The molecule has 2 aromatic rings. The molecule has 6 heteroatoms. The number of ether oxygens (including phenoxy) is 1. The predicted octanol–water partition coefficient (Wildman–Crippen LogP) is 4.24. The van der Waals surface area contributed by atoms with Gasteiger partial charge in [0.2, 0.25) is 0 Å². The van der Waals surface area contributed by atoms with Gasteiger partial charge in [-0.2, -0.15) is 0 Å². The van der Waals surface area contributed by atoms with Gasteiger partial charge in [-0.1, -0.05) is 29.7 Å². The third-order valence-corrected chi connectivity index (χ3v) is 4.37. The first-order valence-corrected chi connectivity index (χ1v) is 8.55. The average molecular weight is 369 g/mol. The Morgan fingerprint density at radius 3 is 2.60 bits per heavy atom. The maximum atomic E-state index is 12.1. The summed E-state index contributed by atoms with van der Waals surface area (Å²) in [4.78, 5) is 17.1. The highest BCUT2D eigenvalue weighted by atomic mass is 35.5. The number of carbonyl (C=O) groups is 1. The molecule has 0 bridgehead atoms. The summed E-state index contributed by atoms with van der Waals surface area (Å²) < 4.78 is 5.32. The number of terminal acetylenes is 1. The molecule has 2 aromatic carbocycles. The van der Waals surface area contributed by atoms with Gasteiger partial charge in [0.1, 0.15) is 12.4 Å². The Morgan fingerprint density at radius 1 is 1.20 bits per heavy atom. The number of benzene rings is 2. The topological polar surface area (TPSA) is 50.7 Å². The zero-order valence-corrected chi connectivity index (χ0v) is 14.6. The van der Waals surface area contributed by atoms with E-state index in [9.17, 15) is 4.79 Å². The van der Waals surface area contributed by atoms with Gasteiger partial charge >= 0.3 is 0 Å². The first kappa shape index (κ1) is 17.2. The molecule has 0 atom stereocenters. The summed E-state index contributed by atoms with van der Waals surface area (Å²) in [5.74, 6) is 2.93. The monoisotopic (exact) mass is 368 g/mol. The van der Waals surface area contributed by atoms with Crippen LogP contribution < -0.4 is 10.1 Å². The molecule has 25 heavy (non-hydrogen) atoms. The number of nitrogens with one attached hydrogen (secondary N) is 1. The lowest BCUT2D eigenvalue weighted by molar-refractivity contribution is -0.115. The minimum Gasteiger partial charge on any atom is -0.481 e. The molecule has 3 rings (SSSR count). The number of thioether (sulfide) groups is 1. The third kappa shape index (κ3) is 4.66. The molecule has 1 heterocycles. The van der Waals surface area contributed by atoms with Gasteiger partial charge in [-0.25, -0.2) is 4.99 Å². The van der Waals surface area contributed by atoms with Crippen molar-refractivity contribution in [1.82, 2.24) is 5.32 Å². The van der Waals surface area contributed by atoms with Gasteiger partial charge < -0.3 is 10.1 Å². The number of halogens is 1. The molecule has 0 radical (unpaired) electrons. The highest BCUT2D eigenvalue weighted by molar-refractivity contribution is 8.18. The number of carbonyl (C=O) groups excluding carboxylic acids is 1. The SMILES string of the molecule is C#CCOc1ccc(C=C2SC(=Nc3ccc(Cl)cc3)NC2=O)cc1.